The van der Waals surface area contributed by atoms with Gasteiger partial charge in [-0.05, 0) is 54.6 Å². The average molecular weight is 399 g/mol. The van der Waals surface area contributed by atoms with E-state index in [4.69, 9.17) is 0 Å². The molecular weight excluding hydrogens is 381 g/mol. The fourth-order valence-electron chi connectivity index (χ4n) is 3.53. The van der Waals surface area contributed by atoms with Crippen molar-refractivity contribution in [2.75, 3.05) is 4.90 Å². The van der Waals surface area contributed by atoms with Crippen LogP contribution in [0.25, 0.3) is 17.1 Å². The molecule has 0 unspecified atom stereocenters. The Bertz CT molecular complexity index is 1270. The maximum Gasteiger partial charge on any atom is 0.268 e. The van der Waals surface area contributed by atoms with Crippen LogP contribution in [0.5, 0.6) is 0 Å². The second-order valence-electron chi connectivity index (χ2n) is 7.01. The highest BCUT2D eigenvalue weighted by atomic mass is 19.1. The number of fused-ring (bicyclic) bond motifs is 2. The molecule has 0 fully saturated rings. The highest BCUT2D eigenvalue weighted by Crippen LogP contribution is 2.36. The van der Waals surface area contributed by atoms with Gasteiger partial charge in [-0.25, -0.2) is 9.37 Å². The van der Waals surface area contributed by atoms with E-state index < -0.39 is 0 Å². The number of hydrogen-bond donors (Lipinski definition) is 3. The van der Waals surface area contributed by atoms with Crippen molar-refractivity contribution < 1.29 is 9.18 Å². The third kappa shape index (κ3) is 3.16. The molecule has 0 bridgehead atoms. The standard InChI is InChI=1S/C23H18FN5O/c1-14-6-7-15-12-20(28-22(15)29(14)17-10-8-16(24)9-11-17)23(30)25-13-21-26-18-4-2-3-5-19(18)27-21/h2-12,28H,1,13H2,(H,25,30)(H,26,27). The first-order valence-corrected chi connectivity index (χ1v) is 9.46. The van der Waals surface area contributed by atoms with E-state index in [1.165, 1.54) is 12.1 Å². The van der Waals surface area contributed by atoms with Gasteiger partial charge in [0.25, 0.3) is 5.91 Å². The van der Waals surface area contributed by atoms with Crippen molar-refractivity contribution in [1.82, 2.24) is 20.3 Å². The molecule has 30 heavy (non-hydrogen) atoms. The van der Waals surface area contributed by atoms with Gasteiger partial charge < -0.3 is 15.3 Å². The first kappa shape index (κ1) is 17.9. The Morgan fingerprint density at radius 1 is 1.10 bits per heavy atom. The topological polar surface area (TPSA) is 76.8 Å². The van der Waals surface area contributed by atoms with E-state index in [0.717, 1.165) is 22.3 Å². The van der Waals surface area contributed by atoms with Crippen molar-refractivity contribution in [3.8, 4) is 0 Å². The molecule has 0 spiro atoms. The second-order valence-corrected chi connectivity index (χ2v) is 7.01. The quantitative estimate of drug-likeness (QED) is 0.468. The van der Waals surface area contributed by atoms with Crippen LogP contribution >= 0.6 is 0 Å². The number of hydrogen-bond acceptors (Lipinski definition) is 3. The van der Waals surface area contributed by atoms with Gasteiger partial charge in [-0.15, -0.1) is 0 Å². The Hall–Kier alpha value is -4.13. The fourth-order valence-corrected chi connectivity index (χ4v) is 3.53. The van der Waals surface area contributed by atoms with Crippen molar-refractivity contribution >= 4 is 34.5 Å². The van der Waals surface area contributed by atoms with Crippen molar-refractivity contribution in [1.29, 1.82) is 0 Å². The molecule has 0 radical (unpaired) electrons. The maximum atomic E-state index is 13.3. The number of aromatic amines is 2. The van der Waals surface area contributed by atoms with E-state index in [2.05, 4.69) is 26.8 Å². The van der Waals surface area contributed by atoms with E-state index in [1.54, 1.807) is 18.2 Å². The molecule has 0 aliphatic carbocycles. The van der Waals surface area contributed by atoms with Crippen LogP contribution in [0.3, 0.4) is 0 Å². The Labute approximate surface area is 171 Å². The number of halogens is 1. The van der Waals surface area contributed by atoms with E-state index in [-0.39, 0.29) is 18.3 Å². The lowest BCUT2D eigenvalue weighted by molar-refractivity contribution is 0.0945. The van der Waals surface area contributed by atoms with Gasteiger partial charge in [-0.2, -0.15) is 0 Å². The zero-order valence-corrected chi connectivity index (χ0v) is 15.9. The largest absolute Gasteiger partial charge is 0.344 e. The molecule has 0 saturated heterocycles. The molecule has 2 aromatic heterocycles. The number of imidazole rings is 1. The van der Waals surface area contributed by atoms with Gasteiger partial charge in [0.15, 0.2) is 0 Å². The number of H-pyrrole nitrogens is 2. The van der Waals surface area contributed by atoms with Crippen molar-refractivity contribution in [2.24, 2.45) is 0 Å². The molecule has 3 N–H and O–H groups in total. The molecule has 3 heterocycles. The molecule has 1 aliphatic rings. The normalized spacial score (nSPS) is 13.0. The number of nitrogens with one attached hydrogen (secondary N) is 3. The molecule has 6 nitrogen and oxygen atoms in total. The van der Waals surface area contributed by atoms with Gasteiger partial charge in [-0.3, -0.25) is 9.69 Å². The number of para-hydroxylation sites is 2. The van der Waals surface area contributed by atoms with Crippen LogP contribution in [0, 0.1) is 5.82 Å². The zero-order chi connectivity index (χ0) is 20.7. The monoisotopic (exact) mass is 399 g/mol. The van der Waals surface area contributed by atoms with Gasteiger partial charge >= 0.3 is 0 Å². The number of rotatable bonds is 4. The minimum absolute atomic E-state index is 0.247. The van der Waals surface area contributed by atoms with Gasteiger partial charge in [-0.1, -0.05) is 18.7 Å². The molecule has 1 aliphatic heterocycles. The summed E-state index contributed by atoms with van der Waals surface area (Å²) in [5, 5.41) is 2.88. The summed E-state index contributed by atoms with van der Waals surface area (Å²) in [6.07, 6.45) is 3.75. The summed E-state index contributed by atoms with van der Waals surface area (Å²) >= 11 is 0. The van der Waals surface area contributed by atoms with E-state index in [1.807, 2.05) is 41.3 Å². The number of aromatic nitrogens is 3. The third-order valence-electron chi connectivity index (χ3n) is 4.98. The number of allylic oxidation sites excluding steroid dienone is 1. The first-order chi connectivity index (χ1) is 14.6. The maximum absolute atomic E-state index is 13.3. The fraction of sp³-hybridized carbons (Fsp3) is 0.0435. The summed E-state index contributed by atoms with van der Waals surface area (Å²) in [4.78, 5) is 25.4. The molecule has 5 rings (SSSR count). The predicted octanol–water partition coefficient (Wildman–Crippen LogP) is 4.64. The summed E-state index contributed by atoms with van der Waals surface area (Å²) in [6.45, 7) is 4.34. The van der Waals surface area contributed by atoms with Crippen LogP contribution in [0.2, 0.25) is 0 Å². The van der Waals surface area contributed by atoms with Gasteiger partial charge in [0.2, 0.25) is 0 Å². The first-order valence-electron chi connectivity index (χ1n) is 9.46. The number of nitrogens with zero attached hydrogens (tertiary/aromatic N) is 2. The van der Waals surface area contributed by atoms with Crippen molar-refractivity contribution in [3.05, 3.63) is 95.8 Å². The van der Waals surface area contributed by atoms with Gasteiger partial charge in [0.05, 0.1) is 17.6 Å². The molecular formula is C23H18FN5O. The van der Waals surface area contributed by atoms with E-state index in [9.17, 15) is 9.18 Å². The second kappa shape index (κ2) is 7.04. The Kier molecular flexibility index (Phi) is 4.21. The Balaban J connectivity index is 1.37. The number of carbonyl (C=O) groups is 1. The average Bonchev–Trinajstić information content (AvgIpc) is 3.36. The lowest BCUT2D eigenvalue weighted by Gasteiger charge is -2.27. The van der Waals surface area contributed by atoms with Crippen LogP contribution in [0.1, 0.15) is 21.9 Å². The number of benzene rings is 2. The molecule has 1 amide bonds. The smallest absolute Gasteiger partial charge is 0.268 e. The molecule has 148 valence electrons. The van der Waals surface area contributed by atoms with E-state index >= 15 is 0 Å². The molecule has 7 heteroatoms. The highest BCUT2D eigenvalue weighted by molar-refractivity contribution is 5.96. The zero-order valence-electron chi connectivity index (χ0n) is 15.9. The lowest BCUT2D eigenvalue weighted by atomic mass is 10.1. The Morgan fingerprint density at radius 3 is 2.70 bits per heavy atom. The summed E-state index contributed by atoms with van der Waals surface area (Å²) in [5.74, 6) is 0.835. The van der Waals surface area contributed by atoms with Crippen LogP contribution < -0.4 is 10.2 Å². The molecule has 2 aromatic carbocycles. The summed E-state index contributed by atoms with van der Waals surface area (Å²) in [7, 11) is 0. The SMILES string of the molecule is C=C1C=Cc2cc(C(=O)NCc3nc4ccccc4[nH]3)[nH]c2N1c1ccc(F)cc1. The van der Waals surface area contributed by atoms with Crippen LogP contribution in [0.4, 0.5) is 15.9 Å². The van der Waals surface area contributed by atoms with Gasteiger partial charge in [0.1, 0.15) is 23.2 Å². The number of anilines is 2. The van der Waals surface area contributed by atoms with Crippen LogP contribution in [0.15, 0.2) is 72.9 Å². The summed E-state index contributed by atoms with van der Waals surface area (Å²) in [5.41, 5.74) is 4.52. The Morgan fingerprint density at radius 2 is 1.90 bits per heavy atom. The minimum atomic E-state index is -0.311. The van der Waals surface area contributed by atoms with Crippen molar-refractivity contribution in [2.45, 2.75) is 6.54 Å². The minimum Gasteiger partial charge on any atom is -0.344 e. The van der Waals surface area contributed by atoms with Crippen molar-refractivity contribution in [3.63, 3.8) is 0 Å². The molecule has 4 aromatic rings. The lowest BCUT2D eigenvalue weighted by Crippen LogP contribution is -2.24. The molecule has 0 saturated carbocycles. The van der Waals surface area contributed by atoms with Gasteiger partial charge in [0, 0.05) is 16.9 Å². The summed E-state index contributed by atoms with van der Waals surface area (Å²) in [6, 6.07) is 15.6. The third-order valence-corrected chi connectivity index (χ3v) is 4.98. The number of amides is 1. The predicted molar refractivity (Wildman–Crippen MR) is 115 cm³/mol. The summed E-state index contributed by atoms with van der Waals surface area (Å²) < 4.78 is 13.3. The van der Waals surface area contributed by atoms with Crippen LogP contribution in [-0.4, -0.2) is 20.9 Å². The molecule has 0 atom stereocenters. The number of carbonyl (C=O) groups excluding carboxylic acids is 1. The van der Waals surface area contributed by atoms with Crippen LogP contribution in [-0.2, 0) is 6.54 Å². The van der Waals surface area contributed by atoms with E-state index in [0.29, 0.717) is 23.0 Å². The highest BCUT2D eigenvalue weighted by Gasteiger charge is 2.23.